The number of carbonyl (C=O) groups is 2. The minimum Gasteiger partial charge on any atom is -0.396 e. The van der Waals surface area contributed by atoms with E-state index in [0.29, 0.717) is 44.1 Å². The fourth-order valence-electron chi connectivity index (χ4n) is 10.9. The van der Waals surface area contributed by atoms with Gasteiger partial charge in [0.25, 0.3) is 0 Å². The minimum atomic E-state index is -1.23. The number of nitrogens with two attached hydrogens (primary N) is 1. The number of carbonyl (C=O) groups excluding carboxylic acids is 2. The molecule has 9 atom stereocenters. The molecule has 2 heterocycles. The molecule has 0 aromatic heterocycles. The Hall–Kier alpha value is -3.62. The monoisotopic (exact) mass is 779 g/mol. The number of amides is 1. The Balaban J connectivity index is 1.39. The van der Waals surface area contributed by atoms with Crippen LogP contribution in [0.2, 0.25) is 0 Å². The Morgan fingerprint density at radius 3 is 2.81 bits per heavy atom. The van der Waals surface area contributed by atoms with Crippen molar-refractivity contribution in [1.82, 2.24) is 10.6 Å². The smallest absolute Gasteiger partial charge is 0.225 e. The lowest BCUT2D eigenvalue weighted by Crippen LogP contribution is -2.59. The zero-order valence-electron chi connectivity index (χ0n) is 34.5. The second-order valence-corrected chi connectivity index (χ2v) is 17.4. The quantitative estimate of drug-likeness (QED) is 0.107. The van der Waals surface area contributed by atoms with Crippen molar-refractivity contribution in [2.45, 2.75) is 135 Å². The number of hydrogen-bond donors (Lipinski definition) is 6. The molecule has 1 aromatic rings. The van der Waals surface area contributed by atoms with Gasteiger partial charge in [0.05, 0.1) is 24.2 Å². The molecular weight excluding hydrogens is 715 g/mol. The molecule has 0 bridgehead atoms. The summed E-state index contributed by atoms with van der Waals surface area (Å²) >= 11 is 0. The molecule has 2 aliphatic heterocycles. The van der Waals surface area contributed by atoms with E-state index in [2.05, 4.69) is 67.2 Å². The van der Waals surface area contributed by atoms with Gasteiger partial charge in [0, 0.05) is 36.8 Å². The summed E-state index contributed by atoms with van der Waals surface area (Å²) in [5.41, 5.74) is 11.3. The van der Waals surface area contributed by atoms with Gasteiger partial charge in [0.1, 0.15) is 12.8 Å². The van der Waals surface area contributed by atoms with Gasteiger partial charge in [-0.15, -0.1) is 0 Å². The van der Waals surface area contributed by atoms with Gasteiger partial charge in [-0.25, -0.2) is 0 Å². The fraction of sp³-hybridized carbons (Fsp3) is 0.583. The maximum Gasteiger partial charge on any atom is 0.225 e. The molecule has 9 heteroatoms. The topological polar surface area (TPSA) is 154 Å². The molecule has 0 unspecified atom stereocenters. The second kappa shape index (κ2) is 18.5. The molecule has 7 N–H and O–H groups in total. The van der Waals surface area contributed by atoms with Crippen molar-refractivity contribution in [2.75, 3.05) is 19.8 Å². The van der Waals surface area contributed by atoms with Crippen molar-refractivity contribution in [2.24, 2.45) is 28.9 Å². The number of Topliss-reactive ketones (excluding diaryl/α,β-unsaturated/α-hetero) is 1. The van der Waals surface area contributed by atoms with Gasteiger partial charge in [0.2, 0.25) is 5.91 Å². The van der Waals surface area contributed by atoms with Crippen molar-refractivity contribution >= 4 is 11.7 Å². The zero-order valence-corrected chi connectivity index (χ0v) is 34.5. The summed E-state index contributed by atoms with van der Waals surface area (Å²) in [5, 5.41) is 42.2. The number of benzene rings is 1. The summed E-state index contributed by atoms with van der Waals surface area (Å²) < 4.78 is 6.58. The van der Waals surface area contributed by atoms with Gasteiger partial charge in [-0.05, 0) is 124 Å². The standard InChI is InChI=1S/C48H65N3O6/c1-6-50-40-22-21-30(2)13-7-8-26-57-42-20-11-16-34-29-48(45(55)44(34)37(42)18-9-14-31(40)3)39(19-12-25-52)35(23-24-47(48,5)56)32(4)41(53)27-33-15-10-17-36-38(33)28-43(54)51-46(36)49/h9-10,14-15,17-18,21,34,39-40,42,44-46,50,52,55-56H,3,6,11-13,16,19-20,22-29,49H2,1-2,4-5H3,(H,51,54)/b14-9+,30-21+,35-32+,37-18?/t34-,39+,40+,42+,44+,45+,46+,47+,48+/m0/s1. The number of fused-ring (bicyclic) bond motifs is 4. The van der Waals surface area contributed by atoms with Crippen LogP contribution in [-0.2, 0) is 27.2 Å². The van der Waals surface area contributed by atoms with Crippen molar-refractivity contribution in [3.63, 3.8) is 0 Å². The highest BCUT2D eigenvalue weighted by Gasteiger charge is 2.67. The lowest BCUT2D eigenvalue weighted by Gasteiger charge is -2.56. The first-order valence-corrected chi connectivity index (χ1v) is 21.3. The number of ether oxygens (including phenoxy) is 1. The maximum atomic E-state index is 14.3. The van der Waals surface area contributed by atoms with Gasteiger partial charge in [-0.3, -0.25) is 9.59 Å². The SMILES string of the molecule is C=C1/C=C/C=C2[C@H]3[C@@H](CCC[C@H]2OCC#CC/C(C)=C/C[C@H]1NCC)C[C@@]1([C@H](CCCO)/C(=C(\C)C(=O)Cc2cccc4c2CC(=O)N[C@H]4N)CC[C@@]1(C)O)[C@@H]3O. The number of aliphatic hydroxyl groups is 3. The molecule has 0 radical (unpaired) electrons. The number of ketones is 1. The second-order valence-electron chi connectivity index (χ2n) is 17.4. The van der Waals surface area contributed by atoms with E-state index in [1.54, 1.807) is 0 Å². The molecule has 3 saturated carbocycles. The highest BCUT2D eigenvalue weighted by atomic mass is 16.5. The Morgan fingerprint density at radius 2 is 2.04 bits per heavy atom. The van der Waals surface area contributed by atoms with E-state index in [-0.39, 0.29) is 67.6 Å². The van der Waals surface area contributed by atoms with E-state index >= 15 is 0 Å². The predicted octanol–water partition coefficient (Wildman–Crippen LogP) is 5.99. The average molecular weight is 780 g/mol. The minimum absolute atomic E-state index is 0.0316. The largest absolute Gasteiger partial charge is 0.396 e. The molecule has 0 saturated heterocycles. The third-order valence-corrected chi connectivity index (χ3v) is 13.9. The van der Waals surface area contributed by atoms with E-state index in [1.165, 1.54) is 5.57 Å². The first-order valence-electron chi connectivity index (χ1n) is 21.3. The Morgan fingerprint density at radius 1 is 1.23 bits per heavy atom. The van der Waals surface area contributed by atoms with Crippen LogP contribution < -0.4 is 16.4 Å². The summed E-state index contributed by atoms with van der Waals surface area (Å²) in [6, 6.07) is 5.76. The lowest BCUT2D eigenvalue weighted by atomic mass is 9.52. The van der Waals surface area contributed by atoms with Crippen LogP contribution in [-0.4, -0.2) is 70.6 Å². The summed E-state index contributed by atoms with van der Waals surface area (Å²) in [5.74, 6) is 5.79. The summed E-state index contributed by atoms with van der Waals surface area (Å²) in [7, 11) is 0. The Kier molecular flexibility index (Phi) is 14.0. The normalized spacial score (nSPS) is 35.7. The molecule has 57 heavy (non-hydrogen) atoms. The highest BCUT2D eigenvalue weighted by Crippen LogP contribution is 2.66. The Labute approximate surface area is 340 Å². The molecule has 308 valence electrons. The van der Waals surface area contributed by atoms with Gasteiger partial charge < -0.3 is 36.4 Å². The summed E-state index contributed by atoms with van der Waals surface area (Å²) in [6.45, 7) is 13.5. The van der Waals surface area contributed by atoms with Crippen LogP contribution >= 0.6 is 0 Å². The van der Waals surface area contributed by atoms with Crippen LogP contribution in [0.3, 0.4) is 0 Å². The molecule has 1 spiro atoms. The number of aliphatic hydroxyl groups excluding tert-OH is 2. The van der Waals surface area contributed by atoms with Gasteiger partial charge in [-0.1, -0.05) is 85.4 Å². The zero-order chi connectivity index (χ0) is 40.9. The van der Waals surface area contributed by atoms with Crippen LogP contribution in [0.1, 0.15) is 115 Å². The molecule has 3 aliphatic carbocycles. The maximum absolute atomic E-state index is 14.3. The number of allylic oxidation sites excluding steroid dienone is 5. The van der Waals surface area contributed by atoms with Crippen molar-refractivity contribution in [3.05, 3.63) is 93.6 Å². The third kappa shape index (κ3) is 8.88. The molecule has 6 rings (SSSR count). The molecule has 1 amide bonds. The number of likely N-dealkylation sites (N-methyl/N-ethyl adjacent to an activating group) is 1. The van der Waals surface area contributed by atoms with Gasteiger partial charge >= 0.3 is 0 Å². The van der Waals surface area contributed by atoms with Crippen LogP contribution in [0.15, 0.2) is 76.9 Å². The Bertz CT molecular complexity index is 1880. The molecule has 9 nitrogen and oxygen atoms in total. The van der Waals surface area contributed by atoms with Crippen molar-refractivity contribution in [3.8, 4) is 11.8 Å². The number of rotatable bonds is 8. The van der Waals surface area contributed by atoms with Crippen LogP contribution in [0.25, 0.3) is 0 Å². The molecule has 3 fully saturated rings. The van der Waals surface area contributed by atoms with Crippen LogP contribution in [0, 0.1) is 35.0 Å². The summed E-state index contributed by atoms with van der Waals surface area (Å²) in [6.07, 6.45) is 13.6. The molecule has 5 aliphatic rings. The fourth-order valence-corrected chi connectivity index (χ4v) is 10.9. The number of nitrogens with one attached hydrogen (secondary N) is 2. The molecule has 1 aromatic carbocycles. The number of hydrogen-bond acceptors (Lipinski definition) is 8. The molecular formula is C48H65N3O6. The van der Waals surface area contributed by atoms with Crippen molar-refractivity contribution in [1.29, 1.82) is 0 Å². The van der Waals surface area contributed by atoms with Gasteiger partial charge in [0.15, 0.2) is 5.78 Å². The van der Waals surface area contributed by atoms with E-state index in [1.807, 2.05) is 32.0 Å². The van der Waals surface area contributed by atoms with E-state index in [4.69, 9.17) is 10.5 Å². The van der Waals surface area contributed by atoms with Crippen molar-refractivity contribution < 1.29 is 29.6 Å². The predicted molar refractivity (Wildman–Crippen MR) is 225 cm³/mol. The highest BCUT2D eigenvalue weighted by molar-refractivity contribution is 5.97. The average Bonchev–Trinajstić information content (AvgIpc) is 3.35. The third-order valence-electron chi connectivity index (χ3n) is 13.9. The van der Waals surface area contributed by atoms with E-state index in [0.717, 1.165) is 65.6 Å². The van der Waals surface area contributed by atoms with Crippen LogP contribution in [0.5, 0.6) is 0 Å². The lowest BCUT2D eigenvalue weighted by molar-refractivity contribution is -0.168. The summed E-state index contributed by atoms with van der Waals surface area (Å²) in [4.78, 5) is 26.8. The van der Waals surface area contributed by atoms with Crippen LogP contribution in [0.4, 0.5) is 0 Å². The van der Waals surface area contributed by atoms with E-state index < -0.39 is 23.3 Å². The first kappa shape index (κ1) is 43.0. The van der Waals surface area contributed by atoms with Gasteiger partial charge in [-0.2, -0.15) is 0 Å². The first-order chi connectivity index (χ1) is 27.3. The van der Waals surface area contributed by atoms with E-state index in [9.17, 15) is 24.9 Å².